The van der Waals surface area contributed by atoms with Gasteiger partial charge in [-0.15, -0.1) is 0 Å². The van der Waals surface area contributed by atoms with Crippen molar-refractivity contribution in [1.29, 1.82) is 0 Å². The number of hydrogen-bond acceptors (Lipinski definition) is 1. The van der Waals surface area contributed by atoms with E-state index < -0.39 is 8.07 Å². The molecular weight excluding hydrogens is 162 g/mol. The summed E-state index contributed by atoms with van der Waals surface area (Å²) in [4.78, 5) is 2.65. The molecule has 0 aromatic carbocycles. The van der Waals surface area contributed by atoms with E-state index in [1.165, 1.54) is 6.17 Å². The molecule has 1 nitrogen and oxygen atoms in total. The molecule has 0 saturated carbocycles. The van der Waals surface area contributed by atoms with Crippen molar-refractivity contribution in [1.82, 2.24) is 4.90 Å². The van der Waals surface area contributed by atoms with E-state index in [0.717, 1.165) is 12.0 Å². The van der Waals surface area contributed by atoms with Crippen molar-refractivity contribution in [2.45, 2.75) is 44.4 Å². The van der Waals surface area contributed by atoms with Crippen LogP contribution >= 0.6 is 0 Å². The Hall–Kier alpha value is 0.177. The molecule has 0 N–H and O–H groups in total. The van der Waals surface area contributed by atoms with Crippen molar-refractivity contribution in [3.05, 3.63) is 0 Å². The molecule has 0 unspecified atom stereocenters. The molecule has 2 aliphatic heterocycles. The Morgan fingerprint density at radius 3 is 2.25 bits per heavy atom. The van der Waals surface area contributed by atoms with Gasteiger partial charge in [-0.2, -0.15) is 0 Å². The SMILES string of the molecule is CC(C)[C@@H]1C[Si]2(CCC2)CN1C. The number of nitrogens with zero attached hydrogens (tertiary/aromatic N) is 1. The summed E-state index contributed by atoms with van der Waals surface area (Å²) < 4.78 is 0. The monoisotopic (exact) mass is 183 g/mol. The number of rotatable bonds is 1. The van der Waals surface area contributed by atoms with Crippen LogP contribution in [0.25, 0.3) is 0 Å². The summed E-state index contributed by atoms with van der Waals surface area (Å²) in [6, 6.07) is 5.82. The molecule has 2 fully saturated rings. The molecule has 1 spiro atoms. The van der Waals surface area contributed by atoms with Gasteiger partial charge in [0.1, 0.15) is 0 Å². The molecule has 0 aromatic heterocycles. The van der Waals surface area contributed by atoms with Crippen LogP contribution < -0.4 is 0 Å². The van der Waals surface area contributed by atoms with Crippen LogP contribution in [-0.2, 0) is 0 Å². The maximum atomic E-state index is 2.65. The lowest BCUT2D eigenvalue weighted by Gasteiger charge is -2.35. The standard InChI is InChI=1S/C10H21NSi/c1-9(2)10-7-12(5-4-6-12)8-11(10)3/h9-10H,4-8H2,1-3H3/t10-/m0/s1. The van der Waals surface area contributed by atoms with Crippen LogP contribution in [0.1, 0.15) is 20.3 Å². The minimum atomic E-state index is -0.643. The van der Waals surface area contributed by atoms with Gasteiger partial charge in [0.15, 0.2) is 0 Å². The molecule has 70 valence electrons. The third-order valence-electron chi connectivity index (χ3n) is 3.98. The van der Waals surface area contributed by atoms with Gasteiger partial charge in [-0.05, 0) is 25.2 Å². The van der Waals surface area contributed by atoms with Gasteiger partial charge in [0.05, 0.1) is 8.07 Å². The molecule has 1 atom stereocenters. The summed E-state index contributed by atoms with van der Waals surface area (Å²) >= 11 is 0. The van der Waals surface area contributed by atoms with Gasteiger partial charge >= 0.3 is 0 Å². The minimum Gasteiger partial charge on any atom is -0.306 e. The third kappa shape index (κ3) is 1.25. The summed E-state index contributed by atoms with van der Waals surface area (Å²) in [6.07, 6.45) is 3.06. The van der Waals surface area contributed by atoms with Gasteiger partial charge in [-0.3, -0.25) is 0 Å². The Morgan fingerprint density at radius 2 is 2.00 bits per heavy atom. The molecule has 0 amide bonds. The van der Waals surface area contributed by atoms with E-state index in [1.54, 1.807) is 24.6 Å². The highest BCUT2D eigenvalue weighted by Gasteiger charge is 2.48. The van der Waals surface area contributed by atoms with Crippen LogP contribution in [0.15, 0.2) is 0 Å². The van der Waals surface area contributed by atoms with E-state index in [4.69, 9.17) is 0 Å². The molecule has 0 bridgehead atoms. The Labute approximate surface area is 77.2 Å². The Morgan fingerprint density at radius 1 is 1.33 bits per heavy atom. The Bertz CT molecular complexity index is 175. The maximum Gasteiger partial charge on any atom is 0.0705 e. The lowest BCUT2D eigenvalue weighted by Crippen LogP contribution is -2.43. The van der Waals surface area contributed by atoms with E-state index in [9.17, 15) is 0 Å². The molecule has 0 aromatic rings. The first-order chi connectivity index (χ1) is 5.63. The van der Waals surface area contributed by atoms with E-state index >= 15 is 0 Å². The van der Waals surface area contributed by atoms with Gasteiger partial charge in [0.25, 0.3) is 0 Å². The second-order valence-corrected chi connectivity index (χ2v) is 10.0. The van der Waals surface area contributed by atoms with Crippen LogP contribution in [0.3, 0.4) is 0 Å². The Balaban J connectivity index is 2.02. The zero-order chi connectivity index (χ0) is 8.77. The highest BCUT2D eigenvalue weighted by Crippen LogP contribution is 2.43. The molecule has 2 heterocycles. The smallest absolute Gasteiger partial charge is 0.0705 e. The van der Waals surface area contributed by atoms with Crippen LogP contribution in [0.5, 0.6) is 0 Å². The molecule has 2 aliphatic rings. The summed E-state index contributed by atoms with van der Waals surface area (Å²) in [5.74, 6) is 0.877. The summed E-state index contributed by atoms with van der Waals surface area (Å²) in [5.41, 5.74) is 0. The zero-order valence-electron chi connectivity index (χ0n) is 8.64. The highest BCUT2D eigenvalue weighted by molar-refractivity contribution is 6.83. The van der Waals surface area contributed by atoms with E-state index in [-0.39, 0.29) is 0 Å². The lowest BCUT2D eigenvalue weighted by atomic mass is 10.1. The van der Waals surface area contributed by atoms with Crippen molar-refractivity contribution < 1.29 is 0 Å². The molecule has 0 radical (unpaired) electrons. The highest BCUT2D eigenvalue weighted by atomic mass is 28.3. The quantitative estimate of drug-likeness (QED) is 0.564. The van der Waals surface area contributed by atoms with Crippen LogP contribution in [0.2, 0.25) is 18.1 Å². The summed E-state index contributed by atoms with van der Waals surface area (Å²) in [5, 5.41) is 0. The van der Waals surface area contributed by atoms with Crippen LogP contribution in [-0.4, -0.2) is 32.2 Å². The molecule has 2 heteroatoms. The van der Waals surface area contributed by atoms with Gasteiger partial charge in [0, 0.05) is 6.04 Å². The summed E-state index contributed by atoms with van der Waals surface area (Å²) in [6.45, 7) is 4.76. The molecule has 2 saturated heterocycles. The first-order valence-electron chi connectivity index (χ1n) is 5.33. The van der Waals surface area contributed by atoms with E-state index in [2.05, 4.69) is 25.8 Å². The van der Waals surface area contributed by atoms with Gasteiger partial charge in [0.2, 0.25) is 0 Å². The van der Waals surface area contributed by atoms with E-state index in [0.29, 0.717) is 0 Å². The minimum absolute atomic E-state index is 0.643. The molecule has 12 heavy (non-hydrogen) atoms. The Kier molecular flexibility index (Phi) is 2.08. The zero-order valence-corrected chi connectivity index (χ0v) is 9.64. The predicted molar refractivity (Wildman–Crippen MR) is 56.0 cm³/mol. The number of hydrogen-bond donors (Lipinski definition) is 0. The van der Waals surface area contributed by atoms with Crippen LogP contribution in [0.4, 0.5) is 0 Å². The normalized spacial score (nSPS) is 34.5. The van der Waals surface area contributed by atoms with Gasteiger partial charge in [-0.25, -0.2) is 0 Å². The van der Waals surface area contributed by atoms with Crippen molar-refractivity contribution >= 4 is 8.07 Å². The first-order valence-corrected chi connectivity index (χ1v) is 8.16. The fourth-order valence-corrected chi connectivity index (χ4v) is 8.26. The summed E-state index contributed by atoms with van der Waals surface area (Å²) in [7, 11) is 1.70. The molecular formula is C10H21NSi. The fourth-order valence-electron chi connectivity index (χ4n) is 3.09. The average molecular weight is 183 g/mol. The molecule has 0 aliphatic carbocycles. The van der Waals surface area contributed by atoms with Gasteiger partial charge in [-0.1, -0.05) is 32.4 Å². The van der Waals surface area contributed by atoms with E-state index in [1.807, 2.05) is 0 Å². The second kappa shape index (κ2) is 2.84. The van der Waals surface area contributed by atoms with Crippen molar-refractivity contribution in [3.63, 3.8) is 0 Å². The topological polar surface area (TPSA) is 3.24 Å². The maximum absolute atomic E-state index is 2.65. The second-order valence-electron chi connectivity index (χ2n) is 5.28. The van der Waals surface area contributed by atoms with Crippen molar-refractivity contribution in [3.8, 4) is 0 Å². The molecule has 2 rings (SSSR count). The fraction of sp³-hybridized carbons (Fsp3) is 1.00. The average Bonchev–Trinajstić information content (AvgIpc) is 2.26. The largest absolute Gasteiger partial charge is 0.306 e. The first kappa shape index (κ1) is 8.76. The van der Waals surface area contributed by atoms with Crippen molar-refractivity contribution in [2.24, 2.45) is 5.92 Å². The van der Waals surface area contributed by atoms with Crippen molar-refractivity contribution in [2.75, 3.05) is 13.2 Å². The third-order valence-corrected chi connectivity index (χ3v) is 9.26. The van der Waals surface area contributed by atoms with Crippen LogP contribution in [0, 0.1) is 5.92 Å². The lowest BCUT2D eigenvalue weighted by molar-refractivity contribution is 0.258. The van der Waals surface area contributed by atoms with Gasteiger partial charge < -0.3 is 4.90 Å². The predicted octanol–water partition coefficient (Wildman–Crippen LogP) is 2.35.